The standard InChI is InChI=1S/C30H33N3O6Si/c1-21-15-23(25-9-7-8-10-27(25)32-21)18-38-24-12-11-22-17-33(28(34)26(22)16-24)19-30(29(35)36-2,31-20-39-37-3)13-14-40(4,5)6/h7-12,15-17,20,34H,18-19H2,1-6H3/t30-/m1/s1. The molecule has 0 aliphatic carbocycles. The first kappa shape index (κ1) is 28.7. The highest BCUT2D eigenvalue weighted by atomic mass is 28.3. The fourth-order valence-electron chi connectivity index (χ4n) is 4.25. The Morgan fingerprint density at radius 1 is 1.15 bits per heavy atom. The van der Waals surface area contributed by atoms with Gasteiger partial charge in [-0.1, -0.05) is 43.8 Å². The second kappa shape index (κ2) is 11.8. The van der Waals surface area contributed by atoms with Gasteiger partial charge in [0, 0.05) is 33.6 Å². The van der Waals surface area contributed by atoms with Crippen molar-refractivity contribution in [2.75, 3.05) is 14.2 Å². The van der Waals surface area contributed by atoms with Crippen LogP contribution >= 0.6 is 0 Å². The molecule has 10 heteroatoms. The Balaban J connectivity index is 1.67. The summed E-state index contributed by atoms with van der Waals surface area (Å²) in [7, 11) is 0.680. The number of hydrogen-bond acceptors (Lipinski definition) is 8. The van der Waals surface area contributed by atoms with Gasteiger partial charge in [0.15, 0.2) is 5.88 Å². The maximum atomic E-state index is 13.0. The van der Waals surface area contributed by atoms with Crippen molar-refractivity contribution >= 4 is 42.1 Å². The number of nitrogens with zero attached hydrogens (tertiary/aromatic N) is 3. The third-order valence-electron chi connectivity index (χ3n) is 6.14. The van der Waals surface area contributed by atoms with Gasteiger partial charge < -0.3 is 24.0 Å². The van der Waals surface area contributed by atoms with Crippen molar-refractivity contribution in [1.29, 1.82) is 0 Å². The number of aliphatic imine (C=N–C) groups is 1. The predicted molar refractivity (Wildman–Crippen MR) is 157 cm³/mol. The topological polar surface area (TPSA) is 104 Å². The Morgan fingerprint density at radius 3 is 2.65 bits per heavy atom. The van der Waals surface area contributed by atoms with Crippen molar-refractivity contribution in [2.45, 2.75) is 45.3 Å². The lowest BCUT2D eigenvalue weighted by atomic mass is 10.0. The van der Waals surface area contributed by atoms with Gasteiger partial charge >= 0.3 is 5.97 Å². The van der Waals surface area contributed by atoms with Crippen molar-refractivity contribution in [1.82, 2.24) is 9.55 Å². The zero-order chi connectivity index (χ0) is 28.9. The van der Waals surface area contributed by atoms with Crippen LogP contribution in [0.15, 0.2) is 59.7 Å². The number of esters is 1. The molecule has 0 unspecified atom stereocenters. The number of carbonyl (C=O) groups excluding carboxylic acids is 1. The number of hydrogen-bond donors (Lipinski definition) is 1. The van der Waals surface area contributed by atoms with E-state index in [1.165, 1.54) is 18.8 Å². The van der Waals surface area contributed by atoms with E-state index in [4.69, 9.17) is 14.4 Å². The van der Waals surface area contributed by atoms with Crippen LogP contribution in [0.1, 0.15) is 11.3 Å². The maximum absolute atomic E-state index is 13.0. The second-order valence-electron chi connectivity index (χ2n) is 10.4. The molecular weight excluding hydrogens is 526 g/mol. The summed E-state index contributed by atoms with van der Waals surface area (Å²) >= 11 is 0. The number of carbonyl (C=O) groups is 1. The largest absolute Gasteiger partial charge is 0.494 e. The normalized spacial score (nSPS) is 13.2. The molecule has 2 aromatic carbocycles. The van der Waals surface area contributed by atoms with Crippen LogP contribution in [0.4, 0.5) is 0 Å². The molecule has 0 amide bonds. The third kappa shape index (κ3) is 6.44. The Morgan fingerprint density at radius 2 is 1.93 bits per heavy atom. The van der Waals surface area contributed by atoms with Crippen LogP contribution in [0, 0.1) is 18.4 Å². The SMILES string of the molecule is COOC=N[C@](C#C[Si](C)(C)C)(Cn1cc2ccc(OCc3cc(C)nc4ccccc34)cc2c1O)C(=O)OC. The predicted octanol–water partition coefficient (Wildman–Crippen LogP) is 5.18. The molecule has 0 fully saturated rings. The van der Waals surface area contributed by atoms with Crippen LogP contribution in [0.5, 0.6) is 11.6 Å². The van der Waals surface area contributed by atoms with E-state index in [-0.39, 0.29) is 12.4 Å². The number of ether oxygens (including phenoxy) is 2. The summed E-state index contributed by atoms with van der Waals surface area (Å²) in [6, 6.07) is 15.4. The molecule has 4 aromatic rings. The molecule has 0 saturated heterocycles. The van der Waals surface area contributed by atoms with Gasteiger partial charge in [-0.2, -0.15) is 4.89 Å². The molecule has 4 rings (SSSR count). The Labute approximate surface area is 234 Å². The molecule has 2 heterocycles. The number of methoxy groups -OCH3 is 1. The van der Waals surface area contributed by atoms with Crippen LogP contribution < -0.4 is 4.74 Å². The minimum absolute atomic E-state index is 0.0587. The highest BCUT2D eigenvalue weighted by molar-refractivity contribution is 6.83. The molecule has 0 spiro atoms. The second-order valence-corrected chi connectivity index (χ2v) is 15.2. The Kier molecular flexibility index (Phi) is 8.47. The monoisotopic (exact) mass is 559 g/mol. The van der Waals surface area contributed by atoms with Gasteiger partial charge in [0.05, 0.1) is 26.3 Å². The summed E-state index contributed by atoms with van der Waals surface area (Å²) in [5.41, 5.74) is 4.37. The minimum atomic E-state index is -1.91. The lowest BCUT2D eigenvalue weighted by Crippen LogP contribution is -2.41. The molecule has 40 heavy (non-hydrogen) atoms. The van der Waals surface area contributed by atoms with E-state index in [1.807, 2.05) is 49.4 Å². The van der Waals surface area contributed by atoms with Crippen LogP contribution in [-0.2, 0) is 32.5 Å². The number of para-hydroxylation sites is 1. The molecule has 1 atom stereocenters. The van der Waals surface area contributed by atoms with Gasteiger partial charge in [-0.05, 0) is 37.3 Å². The minimum Gasteiger partial charge on any atom is -0.494 e. The summed E-state index contributed by atoms with van der Waals surface area (Å²) in [6.07, 6.45) is 2.74. The summed E-state index contributed by atoms with van der Waals surface area (Å²) in [5.74, 6) is 2.86. The summed E-state index contributed by atoms with van der Waals surface area (Å²) in [5, 5.41) is 13.5. The number of rotatable bonds is 9. The van der Waals surface area contributed by atoms with Gasteiger partial charge in [-0.3, -0.25) is 4.98 Å². The van der Waals surface area contributed by atoms with Crippen LogP contribution in [0.2, 0.25) is 19.6 Å². The first-order chi connectivity index (χ1) is 19.0. The van der Waals surface area contributed by atoms with E-state index >= 15 is 0 Å². The third-order valence-corrected chi connectivity index (χ3v) is 7.01. The highest BCUT2D eigenvalue weighted by Gasteiger charge is 2.39. The molecule has 0 aliphatic heterocycles. The fraction of sp³-hybridized carbons (Fsp3) is 0.300. The molecule has 208 valence electrons. The molecule has 0 aliphatic rings. The lowest BCUT2D eigenvalue weighted by Gasteiger charge is -2.22. The van der Waals surface area contributed by atoms with E-state index in [9.17, 15) is 9.90 Å². The zero-order valence-corrected chi connectivity index (χ0v) is 24.5. The zero-order valence-electron chi connectivity index (χ0n) is 23.5. The van der Waals surface area contributed by atoms with Crippen molar-refractivity contribution in [3.8, 4) is 23.1 Å². The van der Waals surface area contributed by atoms with Gasteiger partial charge in [-0.15, -0.1) is 5.54 Å². The first-order valence-electron chi connectivity index (χ1n) is 12.7. The van der Waals surface area contributed by atoms with Crippen molar-refractivity contribution < 1.29 is 29.1 Å². The smallest absolute Gasteiger partial charge is 0.348 e. The van der Waals surface area contributed by atoms with Crippen LogP contribution in [0.25, 0.3) is 21.7 Å². The molecule has 0 radical (unpaired) electrons. The molecule has 2 aromatic heterocycles. The highest BCUT2D eigenvalue weighted by Crippen LogP contribution is 2.33. The van der Waals surface area contributed by atoms with Crippen LogP contribution in [0.3, 0.4) is 0 Å². The number of pyridine rings is 1. The molecule has 0 bridgehead atoms. The van der Waals surface area contributed by atoms with E-state index in [0.29, 0.717) is 17.7 Å². The Bertz CT molecular complexity index is 1630. The summed E-state index contributed by atoms with van der Waals surface area (Å²) in [6.45, 7) is 8.34. The van der Waals surface area contributed by atoms with Crippen LogP contribution in [-0.4, -0.2) is 54.9 Å². The number of benzene rings is 2. The molecular formula is C30H33N3O6Si. The maximum Gasteiger partial charge on any atom is 0.348 e. The van der Waals surface area contributed by atoms with E-state index < -0.39 is 19.6 Å². The van der Waals surface area contributed by atoms with Gasteiger partial charge in [0.2, 0.25) is 11.9 Å². The van der Waals surface area contributed by atoms with Crippen molar-refractivity contribution in [3.05, 3.63) is 66.0 Å². The lowest BCUT2D eigenvalue weighted by molar-refractivity contribution is -0.188. The first-order valence-corrected chi connectivity index (χ1v) is 16.2. The van der Waals surface area contributed by atoms with Gasteiger partial charge in [0.1, 0.15) is 20.4 Å². The van der Waals surface area contributed by atoms with E-state index in [1.54, 1.807) is 12.3 Å². The van der Waals surface area contributed by atoms with E-state index in [0.717, 1.165) is 33.9 Å². The number of fused-ring (bicyclic) bond motifs is 2. The van der Waals surface area contributed by atoms with Gasteiger partial charge in [0.25, 0.3) is 0 Å². The number of aromatic nitrogens is 2. The summed E-state index contributed by atoms with van der Waals surface area (Å²) in [4.78, 5) is 31.3. The Hall–Kier alpha value is -4.33. The van der Waals surface area contributed by atoms with Crippen molar-refractivity contribution in [2.24, 2.45) is 4.99 Å². The molecule has 1 N–H and O–H groups in total. The fourth-order valence-corrected chi connectivity index (χ4v) is 4.83. The quantitative estimate of drug-likeness (QED) is 0.0573. The van der Waals surface area contributed by atoms with Crippen molar-refractivity contribution in [3.63, 3.8) is 0 Å². The molecule has 9 nitrogen and oxygen atoms in total. The molecule has 0 saturated carbocycles. The van der Waals surface area contributed by atoms with E-state index in [2.05, 4.69) is 46.0 Å². The average Bonchev–Trinajstić information content (AvgIpc) is 3.23. The van der Waals surface area contributed by atoms with Gasteiger partial charge in [-0.25, -0.2) is 9.79 Å². The summed E-state index contributed by atoms with van der Waals surface area (Å²) < 4.78 is 12.7. The average molecular weight is 560 g/mol. The number of aromatic hydroxyl groups is 1. The number of aryl methyl sites for hydroxylation is 1.